The summed E-state index contributed by atoms with van der Waals surface area (Å²) in [5.41, 5.74) is -0.985. The minimum Gasteiger partial charge on any atom is -0.369 e. The van der Waals surface area contributed by atoms with Gasteiger partial charge >= 0.3 is 29.6 Å². The van der Waals surface area contributed by atoms with Crippen LogP contribution in [-0.4, -0.2) is 23.8 Å². The maximum Gasteiger partial charge on any atom is 1.00 e. The molecule has 2 N–H and O–H groups in total. The zero-order chi connectivity index (χ0) is 18.6. The number of azo groups is 1. The van der Waals surface area contributed by atoms with Crippen LogP contribution in [0.3, 0.4) is 0 Å². The van der Waals surface area contributed by atoms with E-state index in [0.29, 0.717) is 0 Å². The Labute approximate surface area is 168 Å². The maximum absolute atomic E-state index is 13.9. The van der Waals surface area contributed by atoms with E-state index in [9.17, 15) is 27.3 Å². The molecule has 0 aliphatic rings. The molecular formula is C13H10F2N4NaO5S+. The van der Waals surface area contributed by atoms with E-state index < -0.39 is 38.2 Å². The van der Waals surface area contributed by atoms with Crippen molar-refractivity contribution in [2.45, 2.75) is 0 Å². The Hall–Kier alpha value is -1.99. The summed E-state index contributed by atoms with van der Waals surface area (Å²) in [6.45, 7) is 0. The van der Waals surface area contributed by atoms with Crippen molar-refractivity contribution in [1.82, 2.24) is 0 Å². The molecule has 0 fully saturated rings. The molecular weight excluding hydrogens is 385 g/mol. The van der Waals surface area contributed by atoms with Gasteiger partial charge in [0.1, 0.15) is 5.88 Å². The van der Waals surface area contributed by atoms with Crippen molar-refractivity contribution >= 4 is 32.9 Å². The average Bonchev–Trinajstić information content (AvgIpc) is 2.52. The van der Waals surface area contributed by atoms with Crippen molar-refractivity contribution in [3.05, 3.63) is 58.1 Å². The number of hydrogen-bond acceptors (Lipinski definition) is 7. The number of benzene rings is 2. The van der Waals surface area contributed by atoms with Crippen molar-refractivity contribution in [3.8, 4) is 0 Å². The van der Waals surface area contributed by atoms with Crippen LogP contribution in [0.5, 0.6) is 0 Å². The third-order valence-corrected chi connectivity index (χ3v) is 3.31. The average molecular weight is 395 g/mol. The molecule has 0 saturated carbocycles. The molecule has 0 radical (unpaired) electrons. The largest absolute Gasteiger partial charge is 1.00 e. The molecule has 2 rings (SSSR count). The van der Waals surface area contributed by atoms with Crippen LogP contribution in [0.1, 0.15) is 0 Å². The van der Waals surface area contributed by atoms with Crippen molar-refractivity contribution in [2.24, 2.45) is 10.2 Å². The summed E-state index contributed by atoms with van der Waals surface area (Å²) >= 11 is 0. The number of anilines is 1. The smallest absolute Gasteiger partial charge is 0.369 e. The monoisotopic (exact) mass is 395 g/mol. The third kappa shape index (κ3) is 6.38. The molecule has 0 saturated heterocycles. The molecule has 0 heterocycles. The first kappa shape index (κ1) is 22.1. The number of rotatable bonds is 6. The van der Waals surface area contributed by atoms with E-state index in [1.807, 2.05) is 0 Å². The summed E-state index contributed by atoms with van der Waals surface area (Å²) in [7, 11) is -4.36. The predicted molar refractivity (Wildman–Crippen MR) is 83.7 cm³/mol. The fourth-order valence-corrected chi connectivity index (χ4v) is 2.04. The Kier molecular flexibility index (Phi) is 7.71. The Morgan fingerprint density at radius 3 is 2.12 bits per heavy atom. The van der Waals surface area contributed by atoms with Gasteiger partial charge in [-0.3, -0.25) is 14.7 Å². The molecule has 0 aliphatic carbocycles. The maximum atomic E-state index is 13.9. The molecule has 2 aromatic carbocycles. The fraction of sp³-hybridized carbons (Fsp3) is 0.0769. The van der Waals surface area contributed by atoms with E-state index in [2.05, 4.69) is 15.5 Å². The van der Waals surface area contributed by atoms with Crippen molar-refractivity contribution in [3.63, 3.8) is 0 Å². The van der Waals surface area contributed by atoms with Gasteiger partial charge in [0.25, 0.3) is 15.8 Å². The minimum atomic E-state index is -4.36. The molecule has 0 aliphatic heterocycles. The van der Waals surface area contributed by atoms with Crippen LogP contribution < -0.4 is 34.9 Å². The predicted octanol–water partition coefficient (Wildman–Crippen LogP) is 0.550. The molecule has 0 bridgehead atoms. The standard InChI is InChI=1S/C13H10F2N4O5S.Na/c14-11-5-9(16-7-25(22,23)24)6-12(15)13(11)18-17-8-1-3-10(4-2-8)19(20)21;/h1-6,16H,7H2,(H,22,23,24);/q;+1. The quantitative estimate of drug-likeness (QED) is 0.241. The normalized spacial score (nSPS) is 11.2. The van der Waals surface area contributed by atoms with E-state index >= 15 is 0 Å². The van der Waals surface area contributed by atoms with Crippen molar-refractivity contribution in [2.75, 3.05) is 11.2 Å². The number of halogens is 2. The molecule has 132 valence electrons. The summed E-state index contributed by atoms with van der Waals surface area (Å²) in [5, 5.41) is 19.6. The van der Waals surface area contributed by atoms with Gasteiger partial charge in [0.05, 0.1) is 10.6 Å². The topological polar surface area (TPSA) is 134 Å². The Morgan fingerprint density at radius 1 is 1.12 bits per heavy atom. The van der Waals surface area contributed by atoms with Crippen molar-refractivity contribution in [1.29, 1.82) is 0 Å². The van der Waals surface area contributed by atoms with Crippen LogP contribution in [0.25, 0.3) is 0 Å². The number of nitrogens with zero attached hydrogens (tertiary/aromatic N) is 3. The van der Waals surface area contributed by atoms with Gasteiger partial charge in [-0.05, 0) is 24.3 Å². The number of nitro groups is 1. The molecule has 0 spiro atoms. The molecule has 0 amide bonds. The molecule has 0 atom stereocenters. The van der Waals surface area contributed by atoms with E-state index in [1.165, 1.54) is 12.1 Å². The van der Waals surface area contributed by atoms with Crippen LogP contribution >= 0.6 is 0 Å². The van der Waals surface area contributed by atoms with Crippen LogP contribution in [0.2, 0.25) is 0 Å². The Bertz CT molecular complexity index is 915. The fourth-order valence-electron chi connectivity index (χ4n) is 1.69. The number of nitrogens with one attached hydrogen (secondary N) is 1. The summed E-state index contributed by atoms with van der Waals surface area (Å²) in [5.74, 6) is -3.16. The number of hydrogen-bond donors (Lipinski definition) is 2. The minimum absolute atomic E-state index is 0. The zero-order valence-corrected chi connectivity index (χ0v) is 16.1. The van der Waals surface area contributed by atoms with Gasteiger partial charge in [-0.2, -0.15) is 13.5 Å². The second-order valence-corrected chi connectivity index (χ2v) is 6.12. The van der Waals surface area contributed by atoms with Crippen LogP contribution in [0.4, 0.5) is 31.5 Å². The molecule has 9 nitrogen and oxygen atoms in total. The van der Waals surface area contributed by atoms with E-state index in [1.54, 1.807) is 0 Å². The summed E-state index contributed by atoms with van der Waals surface area (Å²) in [4.78, 5) is 9.91. The summed E-state index contributed by atoms with van der Waals surface area (Å²) < 4.78 is 57.5. The third-order valence-electron chi connectivity index (χ3n) is 2.80. The molecule has 26 heavy (non-hydrogen) atoms. The second-order valence-electron chi connectivity index (χ2n) is 4.67. The molecule has 0 unspecified atom stereocenters. The Morgan fingerprint density at radius 2 is 1.65 bits per heavy atom. The first-order valence-electron chi connectivity index (χ1n) is 6.50. The Balaban J connectivity index is 0.00000338. The number of nitro benzene ring substituents is 1. The van der Waals surface area contributed by atoms with Gasteiger partial charge in [0.15, 0.2) is 17.3 Å². The first-order valence-corrected chi connectivity index (χ1v) is 8.11. The zero-order valence-electron chi connectivity index (χ0n) is 13.3. The van der Waals surface area contributed by atoms with Gasteiger partial charge in [0, 0.05) is 17.8 Å². The van der Waals surface area contributed by atoms with E-state index in [-0.39, 0.29) is 46.6 Å². The van der Waals surface area contributed by atoms with Gasteiger partial charge in [-0.1, -0.05) is 0 Å². The van der Waals surface area contributed by atoms with Crippen LogP contribution in [-0.2, 0) is 10.1 Å². The van der Waals surface area contributed by atoms with Crippen LogP contribution in [0, 0.1) is 21.7 Å². The molecule has 2 aromatic rings. The van der Waals surface area contributed by atoms with Crippen LogP contribution in [0.15, 0.2) is 46.6 Å². The van der Waals surface area contributed by atoms with Gasteiger partial charge in [-0.25, -0.2) is 8.78 Å². The SMILES string of the molecule is O=[N+]([O-])c1ccc(N=Nc2c(F)cc(NCS(=O)(=O)O)cc2F)cc1.[Na+]. The molecule has 13 heteroatoms. The van der Waals surface area contributed by atoms with E-state index in [4.69, 9.17) is 4.55 Å². The first-order chi connectivity index (χ1) is 11.7. The summed E-state index contributed by atoms with van der Waals surface area (Å²) in [6, 6.07) is 6.36. The summed E-state index contributed by atoms with van der Waals surface area (Å²) in [6.07, 6.45) is 0. The van der Waals surface area contributed by atoms with Gasteiger partial charge in [0.2, 0.25) is 0 Å². The van der Waals surface area contributed by atoms with E-state index in [0.717, 1.165) is 24.3 Å². The second kappa shape index (κ2) is 9.09. The van der Waals surface area contributed by atoms with Gasteiger partial charge in [-0.15, -0.1) is 5.11 Å². The molecule has 0 aromatic heterocycles. The number of non-ortho nitro benzene ring substituents is 1. The van der Waals surface area contributed by atoms with Crippen molar-refractivity contribution < 1.29 is 56.2 Å². The van der Waals surface area contributed by atoms with Gasteiger partial charge < -0.3 is 5.32 Å².